The topological polar surface area (TPSA) is 78.4 Å². The predicted molar refractivity (Wildman–Crippen MR) is 93.8 cm³/mol. The van der Waals surface area contributed by atoms with Crippen molar-refractivity contribution in [1.82, 2.24) is 10.6 Å². The minimum absolute atomic E-state index is 0.00904. The molecule has 9 heteroatoms. The van der Waals surface area contributed by atoms with Crippen LogP contribution < -0.4 is 10.6 Å². The molecular weight excluding hydrogens is 429 g/mol. The van der Waals surface area contributed by atoms with Gasteiger partial charge in [0.25, 0.3) is 0 Å². The number of hydrogen-bond donors (Lipinski definition) is 3. The highest BCUT2D eigenvalue weighted by atomic mass is 79.9. The van der Waals surface area contributed by atoms with E-state index < -0.39 is 35.7 Å². The van der Waals surface area contributed by atoms with Gasteiger partial charge in [0.1, 0.15) is 5.92 Å². The number of carbonyl (C=O) groups is 2. The minimum Gasteiger partial charge on any atom is -0.363 e. The van der Waals surface area contributed by atoms with Crippen molar-refractivity contribution in [3.63, 3.8) is 0 Å². The van der Waals surface area contributed by atoms with Crippen LogP contribution in [-0.2, 0) is 0 Å². The molecule has 2 amide bonds. The fourth-order valence-corrected chi connectivity index (χ4v) is 3.33. The van der Waals surface area contributed by atoms with E-state index in [0.717, 1.165) is 0 Å². The molecule has 142 valence electrons. The van der Waals surface area contributed by atoms with E-state index in [1.54, 1.807) is 18.2 Å². The van der Waals surface area contributed by atoms with E-state index in [2.05, 4.69) is 21.2 Å². The number of urea groups is 1. The van der Waals surface area contributed by atoms with Crippen molar-refractivity contribution < 1.29 is 27.9 Å². The average Bonchev–Trinajstić information content (AvgIpc) is 2.61. The number of Topliss-reactive ketones (excluding diaryl/α,β-unsaturated/α-hetero) is 1. The second-order valence-corrected chi connectivity index (χ2v) is 7.02. The Morgan fingerprint density at radius 2 is 1.67 bits per heavy atom. The van der Waals surface area contributed by atoms with Gasteiger partial charge in [-0.05, 0) is 17.7 Å². The molecule has 3 unspecified atom stereocenters. The van der Waals surface area contributed by atoms with Gasteiger partial charge >= 0.3 is 12.2 Å². The summed E-state index contributed by atoms with van der Waals surface area (Å²) >= 11 is 3.22. The van der Waals surface area contributed by atoms with Crippen molar-refractivity contribution >= 4 is 27.7 Å². The number of halogens is 4. The van der Waals surface area contributed by atoms with Gasteiger partial charge in [-0.2, -0.15) is 13.2 Å². The Balaban J connectivity index is 2.15. The van der Waals surface area contributed by atoms with Crippen molar-refractivity contribution in [2.45, 2.75) is 17.9 Å². The Morgan fingerprint density at radius 1 is 1.07 bits per heavy atom. The smallest absolute Gasteiger partial charge is 0.363 e. The fourth-order valence-electron chi connectivity index (χ4n) is 3.07. The molecule has 0 radical (unpaired) electrons. The molecule has 3 atom stereocenters. The summed E-state index contributed by atoms with van der Waals surface area (Å²) in [5.41, 5.74) is -3.48. The van der Waals surface area contributed by atoms with Crippen LogP contribution in [0.3, 0.4) is 0 Å². The number of rotatable bonds is 3. The average molecular weight is 443 g/mol. The summed E-state index contributed by atoms with van der Waals surface area (Å²) in [5.74, 6) is -2.98. The maximum atomic E-state index is 13.7. The molecule has 2 aromatic rings. The molecular formula is C18H14BrF3N2O3. The van der Waals surface area contributed by atoms with Crippen molar-refractivity contribution in [2.24, 2.45) is 5.92 Å². The number of ketones is 1. The Hall–Kier alpha value is -2.39. The highest BCUT2D eigenvalue weighted by Crippen LogP contribution is 2.44. The SMILES string of the molecule is O=C1NC(c2ccc(Br)cc2)C(C(=O)c2ccccc2)C(O)(C(F)(F)F)N1. The number of benzene rings is 2. The van der Waals surface area contributed by atoms with Crippen LogP contribution in [0.2, 0.25) is 0 Å². The third-order valence-electron chi connectivity index (χ3n) is 4.38. The molecule has 1 saturated heterocycles. The summed E-state index contributed by atoms with van der Waals surface area (Å²) < 4.78 is 41.8. The van der Waals surface area contributed by atoms with E-state index in [-0.39, 0.29) is 11.1 Å². The van der Waals surface area contributed by atoms with Gasteiger partial charge in [-0.3, -0.25) is 4.79 Å². The molecule has 3 rings (SSSR count). The van der Waals surface area contributed by atoms with Crippen LogP contribution in [0.4, 0.5) is 18.0 Å². The lowest BCUT2D eigenvalue weighted by atomic mass is 9.77. The molecule has 2 aromatic carbocycles. The van der Waals surface area contributed by atoms with Crippen molar-refractivity contribution in [2.75, 3.05) is 0 Å². The van der Waals surface area contributed by atoms with Gasteiger partial charge in [0, 0.05) is 10.0 Å². The van der Waals surface area contributed by atoms with Gasteiger partial charge in [0.15, 0.2) is 5.78 Å². The molecule has 0 aliphatic carbocycles. The third-order valence-corrected chi connectivity index (χ3v) is 4.90. The summed E-state index contributed by atoms with van der Waals surface area (Å²) in [7, 11) is 0. The lowest BCUT2D eigenvalue weighted by Gasteiger charge is -2.45. The summed E-state index contributed by atoms with van der Waals surface area (Å²) in [5, 5.41) is 14.3. The Kier molecular flexibility index (Phi) is 5.00. The van der Waals surface area contributed by atoms with E-state index >= 15 is 0 Å². The molecule has 27 heavy (non-hydrogen) atoms. The van der Waals surface area contributed by atoms with E-state index in [0.29, 0.717) is 4.47 Å². The Bertz CT molecular complexity index is 858. The summed E-state index contributed by atoms with van der Waals surface area (Å²) in [6.45, 7) is 0. The van der Waals surface area contributed by atoms with Gasteiger partial charge < -0.3 is 15.7 Å². The molecule has 1 fully saturated rings. The zero-order valence-electron chi connectivity index (χ0n) is 13.6. The third kappa shape index (κ3) is 3.57. The van der Waals surface area contributed by atoms with Crippen LogP contribution in [0.25, 0.3) is 0 Å². The maximum absolute atomic E-state index is 13.7. The zero-order valence-corrected chi connectivity index (χ0v) is 15.2. The number of carbonyl (C=O) groups excluding carboxylic acids is 2. The monoisotopic (exact) mass is 442 g/mol. The Labute approximate surface area is 160 Å². The molecule has 5 nitrogen and oxygen atoms in total. The molecule has 1 aliphatic rings. The maximum Gasteiger partial charge on any atom is 0.437 e. The van der Waals surface area contributed by atoms with Crippen LogP contribution in [0.1, 0.15) is 22.0 Å². The number of aliphatic hydroxyl groups is 1. The predicted octanol–water partition coefficient (Wildman–Crippen LogP) is 3.55. The van der Waals surface area contributed by atoms with E-state index in [1.165, 1.54) is 41.7 Å². The van der Waals surface area contributed by atoms with Crippen LogP contribution >= 0.6 is 15.9 Å². The second kappa shape index (κ2) is 6.97. The van der Waals surface area contributed by atoms with Crippen molar-refractivity contribution in [1.29, 1.82) is 0 Å². The highest BCUT2D eigenvalue weighted by molar-refractivity contribution is 9.10. The zero-order chi connectivity index (χ0) is 19.8. The van der Waals surface area contributed by atoms with Crippen LogP contribution in [0.15, 0.2) is 59.1 Å². The molecule has 1 heterocycles. The van der Waals surface area contributed by atoms with Crippen LogP contribution in [0, 0.1) is 5.92 Å². The fraction of sp³-hybridized carbons (Fsp3) is 0.222. The number of amides is 2. The van der Waals surface area contributed by atoms with E-state index in [1.807, 2.05) is 0 Å². The van der Waals surface area contributed by atoms with E-state index in [9.17, 15) is 27.9 Å². The van der Waals surface area contributed by atoms with Crippen molar-refractivity contribution in [3.05, 3.63) is 70.2 Å². The first kappa shape index (κ1) is 19.4. The minimum atomic E-state index is -5.27. The summed E-state index contributed by atoms with van der Waals surface area (Å²) in [6, 6.07) is 10.8. The first-order chi connectivity index (χ1) is 12.6. The number of nitrogens with one attached hydrogen (secondary N) is 2. The van der Waals surface area contributed by atoms with Gasteiger partial charge in [0.2, 0.25) is 5.72 Å². The van der Waals surface area contributed by atoms with Gasteiger partial charge in [-0.25, -0.2) is 4.79 Å². The van der Waals surface area contributed by atoms with E-state index in [4.69, 9.17) is 0 Å². The quantitative estimate of drug-likeness (QED) is 0.636. The first-order valence-electron chi connectivity index (χ1n) is 7.86. The molecule has 1 aliphatic heterocycles. The Morgan fingerprint density at radius 3 is 2.22 bits per heavy atom. The number of alkyl halides is 3. The highest BCUT2D eigenvalue weighted by Gasteiger charge is 2.66. The first-order valence-corrected chi connectivity index (χ1v) is 8.65. The second-order valence-electron chi connectivity index (χ2n) is 6.10. The van der Waals surface area contributed by atoms with Gasteiger partial charge in [-0.15, -0.1) is 0 Å². The van der Waals surface area contributed by atoms with Crippen LogP contribution in [0.5, 0.6) is 0 Å². The number of hydrogen-bond acceptors (Lipinski definition) is 3. The van der Waals surface area contributed by atoms with Gasteiger partial charge in [-0.1, -0.05) is 58.4 Å². The molecule has 0 saturated carbocycles. The lowest BCUT2D eigenvalue weighted by Crippen LogP contribution is -2.72. The molecule has 0 aromatic heterocycles. The van der Waals surface area contributed by atoms with Gasteiger partial charge in [0.05, 0.1) is 6.04 Å². The lowest BCUT2D eigenvalue weighted by molar-refractivity contribution is -0.287. The summed E-state index contributed by atoms with van der Waals surface area (Å²) in [4.78, 5) is 24.8. The van der Waals surface area contributed by atoms with Crippen molar-refractivity contribution in [3.8, 4) is 0 Å². The molecule has 3 N–H and O–H groups in total. The normalized spacial score (nSPS) is 25.4. The molecule has 0 bridgehead atoms. The van der Waals surface area contributed by atoms with Crippen LogP contribution in [-0.4, -0.2) is 28.8 Å². The summed E-state index contributed by atoms with van der Waals surface area (Å²) in [6.07, 6.45) is -5.27. The molecule has 0 spiro atoms. The standard InChI is InChI=1S/C18H14BrF3N2O3/c19-12-8-6-10(7-9-12)14-13(15(25)11-4-2-1-3-5-11)17(27,18(20,21)22)24-16(26)23-14/h1-9,13-14,27H,(H2,23,24,26). The largest absolute Gasteiger partial charge is 0.437 e.